The molecule has 7 nitrogen and oxygen atoms in total. The molecule has 2 aliphatic heterocycles. The number of aromatic nitrogens is 4. The third-order valence-corrected chi connectivity index (χ3v) is 4.90. The van der Waals surface area contributed by atoms with E-state index in [1.165, 1.54) is 6.33 Å². The highest BCUT2D eigenvalue weighted by atomic mass is 16.5. The number of pyridine rings is 1. The van der Waals surface area contributed by atoms with Crippen molar-refractivity contribution in [3.63, 3.8) is 0 Å². The summed E-state index contributed by atoms with van der Waals surface area (Å²) in [4.78, 5) is 19.8. The van der Waals surface area contributed by atoms with E-state index < -0.39 is 0 Å². The summed E-state index contributed by atoms with van der Waals surface area (Å²) in [6.07, 6.45) is 5.42. The number of rotatable bonds is 2. The van der Waals surface area contributed by atoms with Gasteiger partial charge in [0.1, 0.15) is 24.1 Å². The Morgan fingerprint density at radius 3 is 2.81 bits per heavy atom. The largest absolute Gasteiger partial charge is 0.475 e. The number of ether oxygens (including phenoxy) is 1. The van der Waals surface area contributed by atoms with Gasteiger partial charge in [-0.3, -0.25) is 0 Å². The number of hydrogen-bond donors (Lipinski definition) is 0. The molecule has 0 bridgehead atoms. The highest BCUT2D eigenvalue weighted by molar-refractivity contribution is 6.20. The molecule has 3 aromatic heterocycles. The number of benzene rings is 1. The summed E-state index contributed by atoms with van der Waals surface area (Å²) in [5, 5.41) is 1.08. The van der Waals surface area contributed by atoms with Crippen LogP contribution in [0.4, 0.5) is 11.5 Å². The summed E-state index contributed by atoms with van der Waals surface area (Å²) in [6.45, 7) is 1.22. The van der Waals surface area contributed by atoms with Crippen molar-refractivity contribution in [3.05, 3.63) is 66.7 Å². The molecule has 0 radical (unpaired) electrons. The van der Waals surface area contributed by atoms with Crippen LogP contribution in [0.2, 0.25) is 0 Å². The number of fused-ring (bicyclic) bond motifs is 1. The molecule has 5 heterocycles. The van der Waals surface area contributed by atoms with E-state index >= 15 is 0 Å². The second-order valence-electron chi connectivity index (χ2n) is 6.44. The summed E-state index contributed by atoms with van der Waals surface area (Å²) in [7, 11) is 0. The third kappa shape index (κ3) is 2.08. The van der Waals surface area contributed by atoms with Crippen LogP contribution in [-0.4, -0.2) is 38.5 Å². The first-order valence-corrected chi connectivity index (χ1v) is 8.75. The fourth-order valence-electron chi connectivity index (χ4n) is 3.60. The van der Waals surface area contributed by atoms with Gasteiger partial charge < -0.3 is 14.2 Å². The van der Waals surface area contributed by atoms with Crippen molar-refractivity contribution in [1.29, 1.82) is 0 Å². The second kappa shape index (κ2) is 5.38. The van der Waals surface area contributed by atoms with Crippen molar-refractivity contribution in [1.82, 2.24) is 19.5 Å². The molecule has 4 aromatic rings. The number of hydrogen-bond acceptors (Lipinski definition) is 6. The lowest BCUT2D eigenvalue weighted by molar-refractivity contribution is 0.319. The fraction of sp³-hybridized carbons (Fsp3) is 0.100. The van der Waals surface area contributed by atoms with Gasteiger partial charge in [-0.25, -0.2) is 19.9 Å². The third-order valence-electron chi connectivity index (χ3n) is 4.90. The normalized spacial score (nSPS) is 14.8. The molecule has 7 heteroatoms. The molecule has 1 aromatic carbocycles. The Morgan fingerprint density at radius 2 is 1.89 bits per heavy atom. The molecule has 0 spiro atoms. The van der Waals surface area contributed by atoms with Gasteiger partial charge in [0.15, 0.2) is 11.7 Å². The maximum absolute atomic E-state index is 5.76. The Morgan fingerprint density at radius 1 is 0.963 bits per heavy atom. The van der Waals surface area contributed by atoms with Crippen molar-refractivity contribution >= 4 is 28.4 Å². The van der Waals surface area contributed by atoms with Crippen LogP contribution < -0.4 is 9.64 Å². The number of anilines is 1. The van der Waals surface area contributed by atoms with Gasteiger partial charge in [0, 0.05) is 17.3 Å². The van der Waals surface area contributed by atoms with Gasteiger partial charge >= 0.3 is 0 Å². The van der Waals surface area contributed by atoms with Crippen molar-refractivity contribution in [2.45, 2.75) is 0 Å². The van der Waals surface area contributed by atoms with Gasteiger partial charge in [0.2, 0.25) is 5.88 Å². The van der Waals surface area contributed by atoms with Crippen LogP contribution in [0.5, 0.6) is 5.88 Å². The maximum atomic E-state index is 5.76. The van der Waals surface area contributed by atoms with Crippen LogP contribution in [0.3, 0.4) is 0 Å². The van der Waals surface area contributed by atoms with Crippen LogP contribution in [0.15, 0.2) is 66.2 Å². The molecule has 0 N–H and O–H groups in total. The van der Waals surface area contributed by atoms with E-state index in [9.17, 15) is 0 Å². The van der Waals surface area contributed by atoms with Crippen molar-refractivity contribution in [3.8, 4) is 11.6 Å². The van der Waals surface area contributed by atoms with Crippen LogP contribution in [0, 0.1) is 0 Å². The SMILES string of the molecule is c1ccc(-n2ccc3cc(N4CCOc5ncnc6c5C4=N6)cnc32)cc1. The predicted octanol–water partition coefficient (Wildman–Crippen LogP) is 3.11. The number of nitrogens with zero attached hydrogens (tertiary/aromatic N) is 6. The molecule has 0 amide bonds. The minimum Gasteiger partial charge on any atom is -0.475 e. The number of amidine groups is 1. The standard InChI is InChI=1S/C20H14N6O/c1-2-4-14(5-3-1)25-7-6-13-10-15(11-21-18(13)25)26-8-9-27-20-16-17(22-12-23-20)24-19(16)26/h1-7,10-12H,8-9H2. The van der Waals surface area contributed by atoms with Gasteiger partial charge in [-0.1, -0.05) is 18.2 Å². The monoisotopic (exact) mass is 354 g/mol. The molecular weight excluding hydrogens is 340 g/mol. The Kier molecular flexibility index (Phi) is 2.87. The summed E-state index contributed by atoms with van der Waals surface area (Å²) < 4.78 is 7.85. The molecule has 130 valence electrons. The first kappa shape index (κ1) is 14.4. The van der Waals surface area contributed by atoms with Crippen LogP contribution >= 0.6 is 0 Å². The Labute approximate surface area is 154 Å². The quantitative estimate of drug-likeness (QED) is 0.553. The second-order valence-corrected chi connectivity index (χ2v) is 6.44. The predicted molar refractivity (Wildman–Crippen MR) is 102 cm³/mol. The van der Waals surface area contributed by atoms with E-state index in [1.54, 1.807) is 0 Å². The maximum Gasteiger partial charge on any atom is 0.230 e. The van der Waals surface area contributed by atoms with Crippen LogP contribution in [0.25, 0.3) is 16.7 Å². The summed E-state index contributed by atoms with van der Waals surface area (Å²) in [6, 6.07) is 14.4. The van der Waals surface area contributed by atoms with Gasteiger partial charge in [0.05, 0.1) is 18.4 Å². The summed E-state index contributed by atoms with van der Waals surface area (Å²) in [5.74, 6) is 2.14. The molecule has 0 fully saturated rings. The smallest absolute Gasteiger partial charge is 0.230 e. The van der Waals surface area contributed by atoms with Gasteiger partial charge in [-0.05, 0) is 24.3 Å². The first-order chi connectivity index (χ1) is 13.4. The van der Waals surface area contributed by atoms with Crippen molar-refractivity contribution < 1.29 is 4.74 Å². The summed E-state index contributed by atoms with van der Waals surface area (Å²) >= 11 is 0. The van der Waals surface area contributed by atoms with E-state index in [1.807, 2.05) is 30.6 Å². The molecule has 0 unspecified atom stereocenters. The van der Waals surface area contributed by atoms with Crippen molar-refractivity contribution in [2.24, 2.45) is 4.99 Å². The first-order valence-electron chi connectivity index (χ1n) is 8.75. The summed E-state index contributed by atoms with van der Waals surface area (Å²) in [5.41, 5.74) is 3.89. The Bertz CT molecular complexity index is 1210. The van der Waals surface area contributed by atoms with Gasteiger partial charge in [-0.2, -0.15) is 0 Å². The van der Waals surface area contributed by atoms with E-state index in [2.05, 4.69) is 48.7 Å². The van der Waals surface area contributed by atoms with Crippen LogP contribution in [-0.2, 0) is 0 Å². The average molecular weight is 354 g/mol. The van der Waals surface area contributed by atoms with Crippen molar-refractivity contribution in [2.75, 3.05) is 18.1 Å². The van der Waals surface area contributed by atoms with E-state index in [-0.39, 0.29) is 0 Å². The van der Waals surface area contributed by atoms with E-state index in [0.29, 0.717) is 24.8 Å². The zero-order valence-corrected chi connectivity index (χ0v) is 14.3. The van der Waals surface area contributed by atoms with E-state index in [4.69, 9.17) is 9.72 Å². The number of aliphatic imine (C=N–C) groups is 1. The zero-order valence-electron chi connectivity index (χ0n) is 14.3. The minimum atomic E-state index is 0.533. The molecular formula is C20H14N6O. The zero-order chi connectivity index (χ0) is 17.8. The van der Waals surface area contributed by atoms with Gasteiger partial charge in [-0.15, -0.1) is 0 Å². The minimum absolute atomic E-state index is 0.533. The highest BCUT2D eigenvalue weighted by Gasteiger charge is 2.34. The molecule has 6 rings (SSSR count). The average Bonchev–Trinajstić information content (AvgIpc) is 3.03. The molecule has 2 aliphatic rings. The fourth-order valence-corrected chi connectivity index (χ4v) is 3.60. The molecule has 27 heavy (non-hydrogen) atoms. The van der Waals surface area contributed by atoms with E-state index in [0.717, 1.165) is 33.8 Å². The number of para-hydroxylation sites is 1. The molecule has 0 aliphatic carbocycles. The highest BCUT2D eigenvalue weighted by Crippen LogP contribution is 2.38. The Hall–Kier alpha value is -3.74. The van der Waals surface area contributed by atoms with Gasteiger partial charge in [0.25, 0.3) is 0 Å². The lowest BCUT2D eigenvalue weighted by Gasteiger charge is -2.27. The molecule has 0 saturated carbocycles. The molecule has 0 saturated heterocycles. The lowest BCUT2D eigenvalue weighted by atomic mass is 10.1. The Balaban J connectivity index is 1.43. The topological polar surface area (TPSA) is 68.4 Å². The molecule has 0 atom stereocenters. The lowest BCUT2D eigenvalue weighted by Crippen LogP contribution is -2.35. The van der Waals surface area contributed by atoms with Crippen LogP contribution in [0.1, 0.15) is 5.56 Å².